The Morgan fingerprint density at radius 3 is 2.50 bits per heavy atom. The third-order valence-electron chi connectivity index (χ3n) is 4.15. The van der Waals surface area contributed by atoms with Crippen LogP contribution in [0.5, 0.6) is 0 Å². The molecule has 1 saturated heterocycles. The summed E-state index contributed by atoms with van der Waals surface area (Å²) in [7, 11) is 1.29. The minimum Gasteiger partial charge on any atom is -0.465 e. The van der Waals surface area contributed by atoms with Gasteiger partial charge in [0.15, 0.2) is 0 Å². The van der Waals surface area contributed by atoms with E-state index in [9.17, 15) is 14.9 Å². The van der Waals surface area contributed by atoms with Crippen LogP contribution in [0.25, 0.3) is 0 Å². The van der Waals surface area contributed by atoms with E-state index in [1.807, 2.05) is 33.8 Å². The summed E-state index contributed by atoms with van der Waals surface area (Å²) in [6, 6.07) is 7.08. The molecule has 7 heteroatoms. The summed E-state index contributed by atoms with van der Waals surface area (Å²) in [5, 5.41) is 9.31. The van der Waals surface area contributed by atoms with Gasteiger partial charge >= 0.3 is 12.1 Å². The number of methoxy groups -OCH3 is 1. The summed E-state index contributed by atoms with van der Waals surface area (Å²) in [5.41, 5.74) is 0.833. The molecule has 1 aromatic rings. The third-order valence-corrected chi connectivity index (χ3v) is 4.15. The number of piperazine rings is 1. The average molecular weight is 359 g/mol. The normalized spacial score (nSPS) is 17.5. The topological polar surface area (TPSA) is 82.9 Å². The highest BCUT2D eigenvalue weighted by Crippen LogP contribution is 2.24. The van der Waals surface area contributed by atoms with Gasteiger partial charge in [-0.3, -0.25) is 0 Å². The summed E-state index contributed by atoms with van der Waals surface area (Å²) < 4.78 is 10.2. The van der Waals surface area contributed by atoms with Crippen LogP contribution in [0.1, 0.15) is 43.6 Å². The Labute approximate surface area is 154 Å². The van der Waals surface area contributed by atoms with Gasteiger partial charge in [-0.2, -0.15) is 5.26 Å². The fourth-order valence-corrected chi connectivity index (χ4v) is 2.89. The number of carbonyl (C=O) groups excluding carboxylic acids is 2. The molecule has 0 spiro atoms. The Kier molecular flexibility index (Phi) is 5.76. The van der Waals surface area contributed by atoms with Crippen molar-refractivity contribution in [2.75, 3.05) is 31.6 Å². The van der Waals surface area contributed by atoms with Crippen molar-refractivity contribution < 1.29 is 19.1 Å². The van der Waals surface area contributed by atoms with Crippen molar-refractivity contribution in [3.8, 4) is 6.07 Å². The number of nitriles is 1. The number of rotatable bonds is 2. The maximum absolute atomic E-state index is 12.3. The molecule has 26 heavy (non-hydrogen) atoms. The van der Waals surface area contributed by atoms with Crippen LogP contribution in [-0.2, 0) is 9.47 Å². The number of hydrogen-bond acceptors (Lipinski definition) is 6. The molecule has 0 unspecified atom stereocenters. The second kappa shape index (κ2) is 7.65. The molecule has 7 nitrogen and oxygen atoms in total. The zero-order valence-electron chi connectivity index (χ0n) is 15.9. The minimum atomic E-state index is -0.531. The van der Waals surface area contributed by atoms with E-state index >= 15 is 0 Å². The molecule has 1 amide bonds. The van der Waals surface area contributed by atoms with E-state index in [1.54, 1.807) is 23.1 Å². The molecule has 1 aliphatic rings. The summed E-state index contributed by atoms with van der Waals surface area (Å²) in [5.74, 6) is -0.531. The lowest BCUT2D eigenvalue weighted by atomic mass is 10.1. The maximum atomic E-state index is 12.3. The number of benzene rings is 1. The lowest BCUT2D eigenvalue weighted by Crippen LogP contribution is -2.55. The molecule has 1 fully saturated rings. The Bertz CT molecular complexity index is 733. The molecule has 0 aliphatic carbocycles. The third kappa shape index (κ3) is 4.45. The monoisotopic (exact) mass is 359 g/mol. The van der Waals surface area contributed by atoms with Gasteiger partial charge in [-0.05, 0) is 45.9 Å². The Morgan fingerprint density at radius 1 is 1.27 bits per heavy atom. The van der Waals surface area contributed by atoms with Crippen LogP contribution >= 0.6 is 0 Å². The number of carbonyl (C=O) groups is 2. The average Bonchev–Trinajstić information content (AvgIpc) is 2.58. The number of esters is 1. The van der Waals surface area contributed by atoms with Gasteiger partial charge < -0.3 is 19.3 Å². The van der Waals surface area contributed by atoms with E-state index in [4.69, 9.17) is 9.47 Å². The highest BCUT2D eigenvalue weighted by atomic mass is 16.6. The van der Waals surface area contributed by atoms with Crippen molar-refractivity contribution in [1.82, 2.24) is 4.90 Å². The van der Waals surface area contributed by atoms with Crippen molar-refractivity contribution in [3.05, 3.63) is 29.3 Å². The number of anilines is 1. The van der Waals surface area contributed by atoms with E-state index < -0.39 is 11.6 Å². The highest BCUT2D eigenvalue weighted by molar-refractivity contribution is 5.92. The first-order chi connectivity index (χ1) is 12.2. The first kappa shape index (κ1) is 19.6. The number of ether oxygens (including phenoxy) is 2. The largest absolute Gasteiger partial charge is 0.465 e. The van der Waals surface area contributed by atoms with Crippen LogP contribution in [0.2, 0.25) is 0 Å². The van der Waals surface area contributed by atoms with E-state index in [0.29, 0.717) is 19.6 Å². The van der Waals surface area contributed by atoms with Gasteiger partial charge in [0.25, 0.3) is 0 Å². The molecule has 1 aromatic carbocycles. The molecule has 0 saturated carbocycles. The fourth-order valence-electron chi connectivity index (χ4n) is 2.89. The number of hydrogen-bond donors (Lipinski definition) is 0. The van der Waals surface area contributed by atoms with E-state index in [0.717, 1.165) is 5.69 Å². The highest BCUT2D eigenvalue weighted by Gasteiger charge is 2.31. The van der Waals surface area contributed by atoms with Crippen LogP contribution in [0.3, 0.4) is 0 Å². The van der Waals surface area contributed by atoms with Crippen molar-refractivity contribution in [2.45, 2.75) is 39.3 Å². The minimum absolute atomic E-state index is 0.0376. The first-order valence-corrected chi connectivity index (χ1v) is 8.53. The van der Waals surface area contributed by atoms with Gasteiger partial charge in [0.2, 0.25) is 0 Å². The summed E-state index contributed by atoms with van der Waals surface area (Å²) in [4.78, 5) is 27.8. The second-order valence-electron chi connectivity index (χ2n) is 7.30. The quantitative estimate of drug-likeness (QED) is 0.755. The maximum Gasteiger partial charge on any atom is 0.410 e. The summed E-state index contributed by atoms with van der Waals surface area (Å²) >= 11 is 0. The zero-order chi connectivity index (χ0) is 19.5. The lowest BCUT2D eigenvalue weighted by molar-refractivity contribution is 0.0159. The molecule has 140 valence electrons. The van der Waals surface area contributed by atoms with Crippen LogP contribution in [0, 0.1) is 11.3 Å². The lowest BCUT2D eigenvalue weighted by Gasteiger charge is -2.41. The predicted molar refractivity (Wildman–Crippen MR) is 97.1 cm³/mol. The molecule has 2 rings (SSSR count). The summed E-state index contributed by atoms with van der Waals surface area (Å²) in [6.45, 7) is 9.25. The van der Waals surface area contributed by atoms with Crippen molar-refractivity contribution >= 4 is 17.7 Å². The van der Waals surface area contributed by atoms with Crippen LogP contribution in [-0.4, -0.2) is 55.3 Å². The van der Waals surface area contributed by atoms with Gasteiger partial charge in [0.1, 0.15) is 11.7 Å². The molecule has 0 aromatic heterocycles. The molecular formula is C19H25N3O4. The predicted octanol–water partition coefficient (Wildman–Crippen LogP) is 2.79. The first-order valence-electron chi connectivity index (χ1n) is 8.53. The summed E-state index contributed by atoms with van der Waals surface area (Å²) in [6.07, 6.45) is -0.316. The molecule has 0 N–H and O–H groups in total. The second-order valence-corrected chi connectivity index (χ2v) is 7.30. The Morgan fingerprint density at radius 2 is 1.96 bits per heavy atom. The fraction of sp³-hybridized carbons (Fsp3) is 0.526. The van der Waals surface area contributed by atoms with Crippen LogP contribution in [0.15, 0.2) is 18.2 Å². The Hall–Kier alpha value is -2.75. The molecule has 1 heterocycles. The standard InChI is InChI=1S/C19H25N3O4/c1-13-12-21(8-9-22(13)18(24)26-19(2,3)4)15-6-7-16(17(23)25-5)14(10-15)11-20/h6-7,10,13H,8-9,12H2,1-5H3/t13-/m0/s1. The molecule has 0 bridgehead atoms. The van der Waals surface area contributed by atoms with Crippen molar-refractivity contribution in [2.24, 2.45) is 0 Å². The van der Waals surface area contributed by atoms with Gasteiger partial charge in [-0.1, -0.05) is 0 Å². The number of nitrogens with zero attached hydrogens (tertiary/aromatic N) is 3. The molecular weight excluding hydrogens is 334 g/mol. The SMILES string of the molecule is COC(=O)c1ccc(N2CCN(C(=O)OC(C)(C)C)[C@@H](C)C2)cc1C#N. The van der Waals surface area contributed by atoms with Crippen molar-refractivity contribution in [3.63, 3.8) is 0 Å². The van der Waals surface area contributed by atoms with Gasteiger partial charge in [-0.25, -0.2) is 9.59 Å². The smallest absolute Gasteiger partial charge is 0.410 e. The van der Waals surface area contributed by atoms with Gasteiger partial charge in [0.05, 0.1) is 18.2 Å². The van der Waals surface area contributed by atoms with Crippen LogP contribution in [0.4, 0.5) is 10.5 Å². The van der Waals surface area contributed by atoms with E-state index in [-0.39, 0.29) is 23.3 Å². The zero-order valence-corrected chi connectivity index (χ0v) is 15.9. The Balaban J connectivity index is 2.13. The van der Waals surface area contributed by atoms with Gasteiger partial charge in [-0.15, -0.1) is 0 Å². The van der Waals surface area contributed by atoms with Gasteiger partial charge in [0, 0.05) is 31.4 Å². The molecule has 1 aliphatic heterocycles. The van der Waals surface area contributed by atoms with Crippen molar-refractivity contribution in [1.29, 1.82) is 5.26 Å². The molecule has 1 atom stereocenters. The molecule has 0 radical (unpaired) electrons. The van der Waals surface area contributed by atoms with E-state index in [2.05, 4.69) is 4.90 Å². The number of amides is 1. The van der Waals surface area contributed by atoms with E-state index in [1.165, 1.54) is 7.11 Å². The van der Waals surface area contributed by atoms with Crippen LogP contribution < -0.4 is 4.90 Å².